The number of Topliss-reactive ketones (excluding diaryl/α,β-unsaturated/α-hetero) is 1. The molecule has 1 atom stereocenters. The molecule has 0 spiro atoms. The molecule has 0 radical (unpaired) electrons. The van der Waals surface area contributed by atoms with Gasteiger partial charge in [-0.05, 0) is 60.7 Å². The summed E-state index contributed by atoms with van der Waals surface area (Å²) in [6.07, 6.45) is 2.67. The van der Waals surface area contributed by atoms with E-state index in [9.17, 15) is 13.2 Å². The van der Waals surface area contributed by atoms with Crippen LogP contribution in [-0.4, -0.2) is 33.5 Å². The van der Waals surface area contributed by atoms with Crippen LogP contribution in [0.3, 0.4) is 0 Å². The third kappa shape index (κ3) is 5.04. The molecule has 3 aromatic carbocycles. The summed E-state index contributed by atoms with van der Waals surface area (Å²) in [7, 11) is -3.95. The fourth-order valence-electron chi connectivity index (χ4n) is 4.93. The fraction of sp³-hybridized carbons (Fsp3) is 0.345. The van der Waals surface area contributed by atoms with Gasteiger partial charge in [0.1, 0.15) is 11.9 Å². The van der Waals surface area contributed by atoms with E-state index < -0.39 is 10.0 Å². The van der Waals surface area contributed by atoms with E-state index in [0.29, 0.717) is 30.2 Å². The summed E-state index contributed by atoms with van der Waals surface area (Å²) in [5.41, 5.74) is 2.92. The molecule has 3 aromatic rings. The highest BCUT2D eigenvalue weighted by atomic mass is 32.2. The van der Waals surface area contributed by atoms with E-state index in [1.165, 1.54) is 10.4 Å². The van der Waals surface area contributed by atoms with Crippen LogP contribution in [0.4, 0.5) is 5.69 Å². The maximum Gasteiger partial charge on any atom is 0.264 e. The molecule has 0 aromatic heterocycles. The van der Waals surface area contributed by atoms with Gasteiger partial charge in [-0.2, -0.15) is 0 Å². The lowest BCUT2D eigenvalue weighted by molar-refractivity contribution is 0.0119. The smallest absolute Gasteiger partial charge is 0.264 e. The second-order valence-corrected chi connectivity index (χ2v) is 11.3. The van der Waals surface area contributed by atoms with Crippen LogP contribution in [0, 0.1) is 5.92 Å². The monoisotopic (exact) mass is 505 g/mol. The molecule has 6 nitrogen and oxygen atoms in total. The number of anilines is 1. The number of sulfonamides is 1. The minimum atomic E-state index is -3.95. The van der Waals surface area contributed by atoms with Gasteiger partial charge >= 0.3 is 0 Å². The van der Waals surface area contributed by atoms with Crippen LogP contribution in [0.1, 0.15) is 47.7 Å². The van der Waals surface area contributed by atoms with Crippen molar-refractivity contribution in [3.8, 4) is 5.75 Å². The van der Waals surface area contributed by atoms with Gasteiger partial charge in [0.25, 0.3) is 10.0 Å². The van der Waals surface area contributed by atoms with Crippen LogP contribution >= 0.6 is 0 Å². The molecule has 2 aliphatic heterocycles. The number of hydrogen-bond acceptors (Lipinski definition) is 5. The molecule has 1 fully saturated rings. The average molecular weight is 506 g/mol. The topological polar surface area (TPSA) is 72.9 Å². The molecule has 2 heterocycles. The zero-order valence-electron chi connectivity index (χ0n) is 20.4. The van der Waals surface area contributed by atoms with E-state index in [1.54, 1.807) is 12.1 Å². The number of rotatable bonds is 7. The zero-order chi connectivity index (χ0) is 25.1. The molecule has 188 valence electrons. The predicted octanol–water partition coefficient (Wildman–Crippen LogP) is 5.40. The van der Waals surface area contributed by atoms with E-state index >= 15 is 0 Å². The number of fused-ring (bicyclic) bond motifs is 1. The fourth-order valence-corrected chi connectivity index (χ4v) is 6.41. The van der Waals surface area contributed by atoms with Crippen molar-refractivity contribution < 1.29 is 22.7 Å². The second kappa shape index (κ2) is 10.4. The Labute approximate surface area is 212 Å². The van der Waals surface area contributed by atoms with E-state index in [2.05, 4.69) is 6.92 Å². The van der Waals surface area contributed by atoms with Crippen LogP contribution in [0.2, 0.25) is 0 Å². The Hall–Kier alpha value is -3.16. The number of hydrogen-bond donors (Lipinski definition) is 0. The summed E-state index contributed by atoms with van der Waals surface area (Å²) in [5, 5.41) is 0. The van der Waals surface area contributed by atoms with E-state index in [4.69, 9.17) is 9.47 Å². The highest BCUT2D eigenvalue weighted by Crippen LogP contribution is 2.36. The summed E-state index contributed by atoms with van der Waals surface area (Å²) >= 11 is 0. The number of aryl methyl sites for hydroxylation is 1. The molecule has 2 aliphatic rings. The van der Waals surface area contributed by atoms with Crippen molar-refractivity contribution in [3.63, 3.8) is 0 Å². The first-order valence-corrected chi connectivity index (χ1v) is 14.0. The minimum Gasteiger partial charge on any atom is -0.489 e. The largest absolute Gasteiger partial charge is 0.489 e. The van der Waals surface area contributed by atoms with E-state index in [1.807, 2.05) is 54.6 Å². The second-order valence-electron chi connectivity index (χ2n) is 9.41. The summed E-state index contributed by atoms with van der Waals surface area (Å²) in [4.78, 5) is 13.2. The van der Waals surface area contributed by atoms with Gasteiger partial charge in [-0.3, -0.25) is 9.10 Å². The van der Waals surface area contributed by atoms with Gasteiger partial charge in [0.2, 0.25) is 0 Å². The van der Waals surface area contributed by atoms with Crippen molar-refractivity contribution in [2.45, 2.75) is 50.2 Å². The summed E-state index contributed by atoms with van der Waals surface area (Å²) < 4.78 is 41.0. The molecule has 7 heteroatoms. The third-order valence-corrected chi connectivity index (χ3v) is 8.87. The quantitative estimate of drug-likeness (QED) is 0.430. The first kappa shape index (κ1) is 24.5. The summed E-state index contributed by atoms with van der Waals surface area (Å²) in [6, 6.07) is 21.7. The van der Waals surface area contributed by atoms with Crippen molar-refractivity contribution in [1.29, 1.82) is 0 Å². The van der Waals surface area contributed by atoms with Crippen molar-refractivity contribution in [3.05, 3.63) is 89.5 Å². The van der Waals surface area contributed by atoms with Crippen molar-refractivity contribution in [2.75, 3.05) is 17.5 Å². The summed E-state index contributed by atoms with van der Waals surface area (Å²) in [6.45, 7) is 3.60. The average Bonchev–Trinajstić information content (AvgIpc) is 2.92. The van der Waals surface area contributed by atoms with Crippen LogP contribution in [-0.2, 0) is 27.7 Å². The molecule has 36 heavy (non-hydrogen) atoms. The number of ketones is 1. The van der Waals surface area contributed by atoms with Gasteiger partial charge < -0.3 is 9.47 Å². The predicted molar refractivity (Wildman–Crippen MR) is 139 cm³/mol. The molecule has 1 saturated heterocycles. The number of benzene rings is 3. The van der Waals surface area contributed by atoms with Crippen molar-refractivity contribution >= 4 is 21.5 Å². The molecular weight excluding hydrogens is 474 g/mol. The van der Waals surface area contributed by atoms with E-state index in [-0.39, 0.29) is 35.7 Å². The van der Waals surface area contributed by atoms with Gasteiger partial charge in [-0.25, -0.2) is 8.42 Å². The number of ether oxygens (including phenoxy) is 2. The Morgan fingerprint density at radius 2 is 1.64 bits per heavy atom. The normalized spacial score (nSPS) is 18.4. The zero-order valence-corrected chi connectivity index (χ0v) is 21.2. The lowest BCUT2D eigenvalue weighted by Gasteiger charge is -2.34. The SMILES string of the molecule is CCc1ccc(N(Cc2ccccc2)S(=O)(=O)c2ccc3c(c2)C(=O)CC(C2CCOCC2)O3)cc1. The third-order valence-electron chi connectivity index (χ3n) is 7.10. The van der Waals surface area contributed by atoms with Gasteiger partial charge in [0, 0.05) is 25.6 Å². The Kier molecular flexibility index (Phi) is 7.12. The maximum atomic E-state index is 14.0. The molecule has 0 aliphatic carbocycles. The van der Waals surface area contributed by atoms with Gasteiger partial charge in [0.05, 0.1) is 22.7 Å². The number of carbonyl (C=O) groups excluding carboxylic acids is 1. The summed E-state index contributed by atoms with van der Waals surface area (Å²) in [5.74, 6) is 0.655. The molecule has 0 saturated carbocycles. The number of nitrogens with zero attached hydrogens (tertiary/aromatic N) is 1. The molecular formula is C29H31NO5S. The highest BCUT2D eigenvalue weighted by molar-refractivity contribution is 7.92. The number of carbonyl (C=O) groups is 1. The molecule has 0 amide bonds. The molecule has 0 bridgehead atoms. The van der Waals surface area contributed by atoms with Gasteiger partial charge in [0.15, 0.2) is 5.78 Å². The molecule has 5 rings (SSSR count). The molecule has 0 N–H and O–H groups in total. The van der Waals surface area contributed by atoms with Crippen LogP contribution in [0.5, 0.6) is 5.75 Å². The van der Waals surface area contributed by atoms with Crippen LogP contribution in [0.15, 0.2) is 77.7 Å². The highest BCUT2D eigenvalue weighted by Gasteiger charge is 2.35. The Morgan fingerprint density at radius 3 is 2.33 bits per heavy atom. The Balaban J connectivity index is 1.47. The van der Waals surface area contributed by atoms with Gasteiger partial charge in [-0.15, -0.1) is 0 Å². The van der Waals surface area contributed by atoms with Crippen LogP contribution in [0.25, 0.3) is 0 Å². The first-order chi connectivity index (χ1) is 17.5. The Bertz CT molecular complexity index is 1320. The lowest BCUT2D eigenvalue weighted by Crippen LogP contribution is -2.37. The maximum absolute atomic E-state index is 14.0. The molecule has 1 unspecified atom stereocenters. The van der Waals surface area contributed by atoms with Crippen molar-refractivity contribution in [1.82, 2.24) is 0 Å². The van der Waals surface area contributed by atoms with Crippen molar-refractivity contribution in [2.24, 2.45) is 5.92 Å². The van der Waals surface area contributed by atoms with E-state index in [0.717, 1.165) is 30.4 Å². The Morgan fingerprint density at radius 1 is 0.917 bits per heavy atom. The lowest BCUT2D eigenvalue weighted by atomic mass is 9.87. The van der Waals surface area contributed by atoms with Crippen LogP contribution < -0.4 is 9.04 Å². The van der Waals surface area contributed by atoms with Gasteiger partial charge in [-0.1, -0.05) is 49.4 Å². The first-order valence-electron chi connectivity index (χ1n) is 12.5. The standard InChI is InChI=1S/C29H31NO5S/c1-2-21-8-10-24(11-9-21)30(20-22-6-4-3-5-7-22)36(32,33)25-12-13-28-26(18-25)27(31)19-29(35-28)23-14-16-34-17-15-23/h3-13,18,23,29H,2,14-17,19-20H2,1H3. The minimum absolute atomic E-state index is 0.0771.